The number of benzene rings is 2. The molecule has 2 aromatic carbocycles. The minimum atomic E-state index is -0.177. The topological polar surface area (TPSA) is 51.5 Å². The van der Waals surface area contributed by atoms with E-state index in [-0.39, 0.29) is 5.91 Å². The van der Waals surface area contributed by atoms with Crippen molar-refractivity contribution in [3.8, 4) is 5.75 Å². The molecule has 0 radical (unpaired) electrons. The van der Waals surface area contributed by atoms with Crippen LogP contribution < -0.4 is 10.1 Å². The van der Waals surface area contributed by atoms with E-state index in [9.17, 15) is 4.79 Å². The molecule has 0 saturated carbocycles. The van der Waals surface area contributed by atoms with Crippen molar-refractivity contribution in [3.05, 3.63) is 89.4 Å². The van der Waals surface area contributed by atoms with Crippen LogP contribution in [0.4, 0.5) is 0 Å². The van der Waals surface area contributed by atoms with Gasteiger partial charge in [-0.25, -0.2) is 0 Å². The summed E-state index contributed by atoms with van der Waals surface area (Å²) < 4.78 is 11.3. The van der Waals surface area contributed by atoms with Gasteiger partial charge in [0, 0.05) is 12.5 Å². The monoisotopic (exact) mass is 361 g/mol. The zero-order valence-electron chi connectivity index (χ0n) is 15.2. The van der Waals surface area contributed by atoms with Crippen LogP contribution in [0.1, 0.15) is 46.2 Å². The minimum absolute atomic E-state index is 0.177. The summed E-state index contributed by atoms with van der Waals surface area (Å²) in [4.78, 5) is 12.4. The highest BCUT2D eigenvalue weighted by Crippen LogP contribution is 2.30. The zero-order valence-corrected chi connectivity index (χ0v) is 15.2. The van der Waals surface area contributed by atoms with Gasteiger partial charge in [-0.05, 0) is 54.7 Å². The molecule has 4 rings (SSSR count). The van der Waals surface area contributed by atoms with Crippen molar-refractivity contribution in [2.75, 3.05) is 6.54 Å². The summed E-state index contributed by atoms with van der Waals surface area (Å²) in [5.74, 6) is 1.92. The number of amides is 1. The van der Waals surface area contributed by atoms with Crippen LogP contribution in [-0.4, -0.2) is 12.5 Å². The predicted molar refractivity (Wildman–Crippen MR) is 104 cm³/mol. The van der Waals surface area contributed by atoms with Crippen LogP contribution in [0.2, 0.25) is 0 Å². The fraction of sp³-hybridized carbons (Fsp3) is 0.261. The molecule has 1 amide bonds. The molecular weight excluding hydrogens is 338 g/mol. The second-order valence-corrected chi connectivity index (χ2v) is 6.87. The quantitative estimate of drug-likeness (QED) is 0.692. The van der Waals surface area contributed by atoms with E-state index in [1.54, 1.807) is 12.1 Å². The number of carbonyl (C=O) groups excluding carboxylic acids is 1. The molecule has 1 unspecified atom stereocenters. The van der Waals surface area contributed by atoms with Crippen LogP contribution in [0.25, 0.3) is 0 Å². The van der Waals surface area contributed by atoms with E-state index < -0.39 is 0 Å². The maximum Gasteiger partial charge on any atom is 0.287 e. The van der Waals surface area contributed by atoms with Crippen molar-refractivity contribution >= 4 is 5.91 Å². The number of nitrogens with one attached hydrogen (secondary N) is 1. The molecule has 3 aromatic rings. The van der Waals surface area contributed by atoms with Crippen molar-refractivity contribution in [2.45, 2.75) is 31.8 Å². The lowest BCUT2D eigenvalue weighted by Gasteiger charge is -2.25. The van der Waals surface area contributed by atoms with Gasteiger partial charge in [-0.15, -0.1) is 0 Å². The Morgan fingerprint density at radius 1 is 1.04 bits per heavy atom. The Morgan fingerprint density at radius 2 is 1.85 bits per heavy atom. The van der Waals surface area contributed by atoms with Crippen molar-refractivity contribution in [3.63, 3.8) is 0 Å². The van der Waals surface area contributed by atoms with Gasteiger partial charge in [0.05, 0.1) is 0 Å². The highest BCUT2D eigenvalue weighted by Gasteiger charge is 2.21. The highest BCUT2D eigenvalue weighted by atomic mass is 16.5. The van der Waals surface area contributed by atoms with Crippen LogP contribution in [-0.2, 0) is 13.0 Å². The van der Waals surface area contributed by atoms with E-state index in [1.807, 2.05) is 30.3 Å². The Bertz CT molecular complexity index is 901. The number of furan rings is 1. The van der Waals surface area contributed by atoms with E-state index in [2.05, 4.69) is 29.6 Å². The standard InChI is InChI=1S/C23H23NO3/c25-23(24-15-18-9-6-8-17-7-4-5-12-21(17)18)22-14-13-20(27-22)16-26-19-10-2-1-3-11-19/h1-5,7,10-14,18H,6,8-9,15-16H2,(H,24,25). The first-order valence-corrected chi connectivity index (χ1v) is 9.42. The number of carbonyl (C=O) groups is 1. The fourth-order valence-corrected chi connectivity index (χ4v) is 3.62. The number of para-hydroxylation sites is 1. The third-order valence-corrected chi connectivity index (χ3v) is 5.01. The number of rotatable bonds is 6. The van der Waals surface area contributed by atoms with Gasteiger partial charge in [0.25, 0.3) is 5.91 Å². The molecule has 138 valence electrons. The molecule has 0 aliphatic heterocycles. The molecule has 1 heterocycles. The zero-order chi connectivity index (χ0) is 18.5. The Kier molecular flexibility index (Phi) is 5.24. The molecule has 4 nitrogen and oxygen atoms in total. The lowest BCUT2D eigenvalue weighted by molar-refractivity contribution is 0.0918. The molecular formula is C23H23NO3. The predicted octanol–water partition coefficient (Wildman–Crippen LogP) is 4.71. The van der Waals surface area contributed by atoms with E-state index in [4.69, 9.17) is 9.15 Å². The van der Waals surface area contributed by atoms with Crippen molar-refractivity contribution in [2.24, 2.45) is 0 Å². The maximum absolute atomic E-state index is 12.4. The summed E-state index contributed by atoms with van der Waals surface area (Å²) in [6.45, 7) is 0.930. The SMILES string of the molecule is O=C(NCC1CCCc2ccccc21)c1ccc(COc2ccccc2)o1. The number of hydrogen-bond acceptors (Lipinski definition) is 3. The average molecular weight is 361 g/mol. The van der Waals surface area contributed by atoms with Gasteiger partial charge in [0.1, 0.15) is 18.1 Å². The van der Waals surface area contributed by atoms with Crippen molar-refractivity contribution in [1.82, 2.24) is 5.32 Å². The highest BCUT2D eigenvalue weighted by molar-refractivity contribution is 5.91. The Hall–Kier alpha value is -3.01. The molecule has 4 heteroatoms. The largest absolute Gasteiger partial charge is 0.486 e. The van der Waals surface area contributed by atoms with Gasteiger partial charge >= 0.3 is 0 Å². The summed E-state index contributed by atoms with van der Waals surface area (Å²) in [5.41, 5.74) is 2.77. The van der Waals surface area contributed by atoms with E-state index in [0.717, 1.165) is 18.6 Å². The first kappa shape index (κ1) is 17.4. The molecule has 1 aromatic heterocycles. The molecule has 27 heavy (non-hydrogen) atoms. The molecule has 1 atom stereocenters. The maximum atomic E-state index is 12.4. The number of hydrogen-bond donors (Lipinski definition) is 1. The second-order valence-electron chi connectivity index (χ2n) is 6.87. The normalized spacial score (nSPS) is 15.8. The molecule has 0 fully saturated rings. The van der Waals surface area contributed by atoms with Crippen LogP contribution in [0.3, 0.4) is 0 Å². The van der Waals surface area contributed by atoms with Gasteiger partial charge in [-0.2, -0.15) is 0 Å². The summed E-state index contributed by atoms with van der Waals surface area (Å²) in [7, 11) is 0. The number of fused-ring (bicyclic) bond motifs is 1. The van der Waals surface area contributed by atoms with E-state index >= 15 is 0 Å². The first-order chi connectivity index (χ1) is 13.3. The van der Waals surface area contributed by atoms with Crippen LogP contribution >= 0.6 is 0 Å². The lowest BCUT2D eigenvalue weighted by Crippen LogP contribution is -2.29. The van der Waals surface area contributed by atoms with Gasteiger partial charge in [0.2, 0.25) is 0 Å². The van der Waals surface area contributed by atoms with E-state index in [0.29, 0.717) is 30.6 Å². The minimum Gasteiger partial charge on any atom is -0.486 e. The second kappa shape index (κ2) is 8.12. The average Bonchev–Trinajstić information content (AvgIpc) is 3.20. The van der Waals surface area contributed by atoms with Crippen LogP contribution in [0.15, 0.2) is 71.1 Å². The summed E-state index contributed by atoms with van der Waals surface area (Å²) in [6, 6.07) is 21.6. The molecule has 1 aliphatic rings. The van der Waals surface area contributed by atoms with Crippen LogP contribution in [0, 0.1) is 0 Å². The third kappa shape index (κ3) is 4.22. The lowest BCUT2D eigenvalue weighted by atomic mass is 9.83. The Labute approximate surface area is 159 Å². The van der Waals surface area contributed by atoms with Crippen molar-refractivity contribution in [1.29, 1.82) is 0 Å². The Morgan fingerprint density at radius 3 is 2.74 bits per heavy atom. The summed E-state index contributed by atoms with van der Waals surface area (Å²) in [6.07, 6.45) is 3.40. The first-order valence-electron chi connectivity index (χ1n) is 9.42. The fourth-order valence-electron chi connectivity index (χ4n) is 3.62. The molecule has 0 bridgehead atoms. The Balaban J connectivity index is 1.32. The number of aryl methyl sites for hydroxylation is 1. The van der Waals surface area contributed by atoms with Gasteiger partial charge in [-0.3, -0.25) is 4.79 Å². The molecule has 0 saturated heterocycles. The van der Waals surface area contributed by atoms with Crippen molar-refractivity contribution < 1.29 is 13.9 Å². The molecule has 0 spiro atoms. The number of ether oxygens (including phenoxy) is 1. The van der Waals surface area contributed by atoms with Gasteiger partial charge < -0.3 is 14.5 Å². The summed E-state index contributed by atoms with van der Waals surface area (Å²) >= 11 is 0. The summed E-state index contributed by atoms with van der Waals surface area (Å²) in [5, 5.41) is 3.02. The van der Waals surface area contributed by atoms with E-state index in [1.165, 1.54) is 17.5 Å². The molecule has 1 N–H and O–H groups in total. The van der Waals surface area contributed by atoms with Gasteiger partial charge in [-0.1, -0.05) is 42.5 Å². The molecule has 1 aliphatic carbocycles. The third-order valence-electron chi connectivity index (χ3n) is 5.01. The smallest absolute Gasteiger partial charge is 0.287 e. The van der Waals surface area contributed by atoms with Gasteiger partial charge in [0.15, 0.2) is 5.76 Å². The van der Waals surface area contributed by atoms with Crippen LogP contribution in [0.5, 0.6) is 5.75 Å².